The zero-order chi connectivity index (χ0) is 20.8. The third-order valence-corrected chi connectivity index (χ3v) is 5.97. The van der Waals surface area contributed by atoms with Crippen LogP contribution in [0.1, 0.15) is 42.0 Å². The molecule has 1 atom stereocenters. The first-order chi connectivity index (χ1) is 14.0. The molecule has 3 rings (SSSR count). The fraction of sp³-hybridized carbons (Fsp3) is 0.381. The maximum absolute atomic E-state index is 12.2. The zero-order valence-corrected chi connectivity index (χ0v) is 17.3. The van der Waals surface area contributed by atoms with Crippen LogP contribution in [0.4, 0.5) is 9.80 Å². The number of fused-ring (bicyclic) bond motifs is 1. The average molecular weight is 413 g/mol. The molecular weight excluding hydrogens is 390 g/mol. The molecular formula is C21H23N3O4S. The number of hydrogen-bond donors (Lipinski definition) is 1. The molecule has 2 aromatic rings. The van der Waals surface area contributed by atoms with E-state index in [1.54, 1.807) is 23.1 Å². The highest BCUT2D eigenvalue weighted by molar-refractivity contribution is 7.16. The van der Waals surface area contributed by atoms with Crippen molar-refractivity contribution < 1.29 is 18.7 Å². The van der Waals surface area contributed by atoms with E-state index in [1.807, 2.05) is 13.8 Å². The largest absolute Gasteiger partial charge is 0.465 e. The lowest BCUT2D eigenvalue weighted by molar-refractivity contribution is -0.111. The van der Waals surface area contributed by atoms with Crippen LogP contribution in [-0.2, 0) is 22.4 Å². The summed E-state index contributed by atoms with van der Waals surface area (Å²) >= 11 is 1.37. The molecule has 2 aromatic heterocycles. The summed E-state index contributed by atoms with van der Waals surface area (Å²) in [6.07, 6.45) is 5.80. The SMILES string of the molecule is CCN(CC)C(=O)OC1CCc2c(sc(NC(=O)C=Cc3ccco3)c2C#N)C1. The molecule has 8 heteroatoms. The molecule has 2 amide bonds. The minimum atomic E-state index is -0.332. The van der Waals surface area contributed by atoms with E-state index in [9.17, 15) is 14.9 Å². The molecule has 1 aliphatic carbocycles. The van der Waals surface area contributed by atoms with Crippen molar-refractivity contribution in [3.05, 3.63) is 46.2 Å². The molecule has 0 bridgehead atoms. The first-order valence-electron chi connectivity index (χ1n) is 9.58. The van der Waals surface area contributed by atoms with Crippen LogP contribution >= 0.6 is 11.3 Å². The van der Waals surface area contributed by atoms with Crippen LogP contribution in [0.5, 0.6) is 0 Å². The number of hydrogen-bond acceptors (Lipinski definition) is 6. The van der Waals surface area contributed by atoms with Gasteiger partial charge in [-0.2, -0.15) is 5.26 Å². The van der Waals surface area contributed by atoms with Crippen LogP contribution in [0.2, 0.25) is 0 Å². The Morgan fingerprint density at radius 1 is 1.45 bits per heavy atom. The Labute approximate surface area is 173 Å². The molecule has 29 heavy (non-hydrogen) atoms. The molecule has 0 aromatic carbocycles. The summed E-state index contributed by atoms with van der Waals surface area (Å²) in [6.45, 7) is 5.04. The number of nitriles is 1. The van der Waals surface area contributed by atoms with E-state index in [4.69, 9.17) is 9.15 Å². The van der Waals surface area contributed by atoms with Crippen LogP contribution in [0.25, 0.3) is 6.08 Å². The molecule has 0 aliphatic heterocycles. The molecule has 0 spiro atoms. The van der Waals surface area contributed by atoms with E-state index in [1.165, 1.54) is 23.7 Å². The van der Waals surface area contributed by atoms with Gasteiger partial charge in [-0.15, -0.1) is 11.3 Å². The Morgan fingerprint density at radius 2 is 2.24 bits per heavy atom. The first kappa shape index (κ1) is 20.7. The molecule has 0 saturated carbocycles. The van der Waals surface area contributed by atoms with Gasteiger partial charge in [-0.05, 0) is 50.5 Å². The number of thiophene rings is 1. The van der Waals surface area contributed by atoms with Gasteiger partial charge in [0.15, 0.2) is 0 Å². The molecule has 0 fully saturated rings. The Hall–Kier alpha value is -3.05. The molecule has 152 valence electrons. The quantitative estimate of drug-likeness (QED) is 0.716. The van der Waals surface area contributed by atoms with Crippen molar-refractivity contribution in [2.75, 3.05) is 18.4 Å². The Kier molecular flexibility index (Phi) is 6.73. The summed E-state index contributed by atoms with van der Waals surface area (Å²) in [7, 11) is 0. The molecule has 1 aliphatic rings. The minimum absolute atomic E-state index is 0.219. The van der Waals surface area contributed by atoms with Gasteiger partial charge in [-0.1, -0.05) is 0 Å². The lowest BCUT2D eigenvalue weighted by Gasteiger charge is -2.26. The summed E-state index contributed by atoms with van der Waals surface area (Å²) in [5.74, 6) is 0.241. The van der Waals surface area contributed by atoms with Gasteiger partial charge in [0, 0.05) is 30.5 Å². The van der Waals surface area contributed by atoms with Crippen molar-refractivity contribution in [3.63, 3.8) is 0 Å². The normalized spacial score (nSPS) is 15.6. The Bertz CT molecular complexity index is 936. The number of amides is 2. The monoisotopic (exact) mass is 413 g/mol. The fourth-order valence-corrected chi connectivity index (χ4v) is 4.52. The standard InChI is InChI=1S/C21H23N3O4S/c1-3-24(4-2)21(26)28-15-7-9-16-17(13-22)20(29-18(16)12-15)23-19(25)10-8-14-6-5-11-27-14/h5-6,8,10-11,15H,3-4,7,9,12H2,1-2H3,(H,23,25). The number of carbonyl (C=O) groups excluding carboxylic acids is 2. The lowest BCUT2D eigenvalue weighted by Crippen LogP contribution is -2.35. The van der Waals surface area contributed by atoms with Gasteiger partial charge in [0.05, 0.1) is 11.8 Å². The molecule has 7 nitrogen and oxygen atoms in total. The summed E-state index contributed by atoms with van der Waals surface area (Å²) in [5.41, 5.74) is 1.44. The van der Waals surface area contributed by atoms with E-state index < -0.39 is 0 Å². The third-order valence-electron chi connectivity index (χ3n) is 4.80. The second-order valence-electron chi connectivity index (χ2n) is 6.58. The molecule has 2 heterocycles. The van der Waals surface area contributed by atoms with Crippen molar-refractivity contribution in [3.8, 4) is 6.07 Å². The Balaban J connectivity index is 1.69. The van der Waals surface area contributed by atoms with Crippen molar-refractivity contribution in [2.24, 2.45) is 0 Å². The predicted octanol–water partition coefficient (Wildman–Crippen LogP) is 4.20. The van der Waals surface area contributed by atoms with E-state index >= 15 is 0 Å². The second kappa shape index (κ2) is 9.43. The average Bonchev–Trinajstić information content (AvgIpc) is 3.34. The number of anilines is 1. The van der Waals surface area contributed by atoms with Gasteiger partial charge in [0.2, 0.25) is 5.91 Å². The van der Waals surface area contributed by atoms with E-state index in [0.29, 0.717) is 48.7 Å². The van der Waals surface area contributed by atoms with Gasteiger partial charge in [-0.25, -0.2) is 4.79 Å². The number of nitrogens with zero attached hydrogens (tertiary/aromatic N) is 2. The maximum Gasteiger partial charge on any atom is 0.410 e. The van der Waals surface area contributed by atoms with Crippen molar-refractivity contribution in [2.45, 2.75) is 39.2 Å². The Morgan fingerprint density at radius 3 is 2.90 bits per heavy atom. The fourth-order valence-electron chi connectivity index (χ4n) is 3.26. The summed E-state index contributed by atoms with van der Waals surface area (Å²) < 4.78 is 10.8. The molecule has 1 N–H and O–H groups in total. The van der Waals surface area contributed by atoms with Gasteiger partial charge in [0.1, 0.15) is 22.9 Å². The van der Waals surface area contributed by atoms with Crippen LogP contribution in [-0.4, -0.2) is 36.1 Å². The highest BCUT2D eigenvalue weighted by Gasteiger charge is 2.29. The van der Waals surface area contributed by atoms with Crippen LogP contribution in [0, 0.1) is 11.3 Å². The van der Waals surface area contributed by atoms with Crippen molar-refractivity contribution in [1.29, 1.82) is 5.26 Å². The maximum atomic E-state index is 12.2. The summed E-state index contributed by atoms with van der Waals surface area (Å²) in [5, 5.41) is 12.9. The highest BCUT2D eigenvalue weighted by atomic mass is 32.1. The van der Waals surface area contributed by atoms with Gasteiger partial charge in [0.25, 0.3) is 0 Å². The van der Waals surface area contributed by atoms with Crippen molar-refractivity contribution >= 4 is 34.4 Å². The minimum Gasteiger partial charge on any atom is -0.465 e. The van der Waals surface area contributed by atoms with Crippen molar-refractivity contribution in [1.82, 2.24) is 4.90 Å². The first-order valence-corrected chi connectivity index (χ1v) is 10.4. The number of nitrogens with one attached hydrogen (secondary N) is 1. The number of carbonyl (C=O) groups is 2. The second-order valence-corrected chi connectivity index (χ2v) is 7.68. The van der Waals surface area contributed by atoms with Gasteiger partial charge < -0.3 is 19.4 Å². The number of furan rings is 1. The van der Waals surface area contributed by atoms with E-state index in [0.717, 1.165) is 10.4 Å². The van der Waals surface area contributed by atoms with Gasteiger partial charge >= 0.3 is 6.09 Å². The topological polar surface area (TPSA) is 95.6 Å². The van der Waals surface area contributed by atoms with Crippen LogP contribution < -0.4 is 5.32 Å². The van der Waals surface area contributed by atoms with Gasteiger partial charge in [-0.3, -0.25) is 4.79 Å². The molecule has 1 unspecified atom stereocenters. The highest BCUT2D eigenvalue weighted by Crippen LogP contribution is 2.38. The smallest absolute Gasteiger partial charge is 0.410 e. The molecule has 0 radical (unpaired) electrons. The summed E-state index contributed by atoms with van der Waals surface area (Å²) in [6, 6.07) is 5.69. The number of rotatable bonds is 6. The lowest BCUT2D eigenvalue weighted by atomic mass is 9.94. The molecule has 0 saturated heterocycles. The van der Waals surface area contributed by atoms with E-state index in [2.05, 4.69) is 11.4 Å². The zero-order valence-electron chi connectivity index (χ0n) is 16.4. The van der Waals surface area contributed by atoms with E-state index in [-0.39, 0.29) is 18.1 Å². The van der Waals surface area contributed by atoms with Crippen LogP contribution in [0.3, 0.4) is 0 Å². The third kappa shape index (κ3) is 4.87. The van der Waals surface area contributed by atoms with Crippen LogP contribution in [0.15, 0.2) is 28.9 Å². The predicted molar refractivity (Wildman–Crippen MR) is 111 cm³/mol. The summed E-state index contributed by atoms with van der Waals surface area (Å²) in [4.78, 5) is 27.1. The number of ether oxygens (including phenoxy) is 1.